The SMILES string of the molecule is CCCN(CC(=O)N(C)C)S(=O)(=O)CCN. The van der Waals surface area contributed by atoms with Crippen LogP contribution in [0, 0.1) is 0 Å². The zero-order valence-electron chi connectivity index (χ0n) is 10.1. The second-order valence-corrected chi connectivity index (χ2v) is 5.81. The molecule has 0 saturated heterocycles. The number of sulfonamides is 1. The Labute approximate surface area is 97.4 Å². The van der Waals surface area contributed by atoms with E-state index in [9.17, 15) is 13.2 Å². The average Bonchev–Trinajstić information content (AvgIpc) is 2.16. The van der Waals surface area contributed by atoms with Gasteiger partial charge in [0.2, 0.25) is 15.9 Å². The van der Waals surface area contributed by atoms with Crippen molar-refractivity contribution < 1.29 is 13.2 Å². The molecule has 0 fully saturated rings. The normalized spacial score (nSPS) is 11.8. The maximum absolute atomic E-state index is 11.8. The summed E-state index contributed by atoms with van der Waals surface area (Å²) in [6, 6.07) is 0. The van der Waals surface area contributed by atoms with Gasteiger partial charge in [0.15, 0.2) is 0 Å². The average molecular weight is 251 g/mol. The van der Waals surface area contributed by atoms with Gasteiger partial charge in [-0.1, -0.05) is 6.92 Å². The fourth-order valence-electron chi connectivity index (χ4n) is 1.14. The van der Waals surface area contributed by atoms with Crippen molar-refractivity contribution in [1.29, 1.82) is 0 Å². The topological polar surface area (TPSA) is 83.7 Å². The minimum Gasteiger partial charge on any atom is -0.348 e. The molecule has 6 nitrogen and oxygen atoms in total. The molecule has 0 saturated carbocycles. The van der Waals surface area contributed by atoms with Crippen LogP contribution in [0.1, 0.15) is 13.3 Å². The summed E-state index contributed by atoms with van der Waals surface area (Å²) < 4.78 is 24.7. The van der Waals surface area contributed by atoms with Crippen LogP contribution in [0.25, 0.3) is 0 Å². The lowest BCUT2D eigenvalue weighted by Gasteiger charge is -2.22. The van der Waals surface area contributed by atoms with E-state index in [0.29, 0.717) is 13.0 Å². The van der Waals surface area contributed by atoms with Crippen LogP contribution in [0.4, 0.5) is 0 Å². The van der Waals surface area contributed by atoms with E-state index in [1.807, 2.05) is 6.92 Å². The minimum absolute atomic E-state index is 0.0682. The molecule has 0 aliphatic rings. The first-order chi connectivity index (χ1) is 7.35. The van der Waals surface area contributed by atoms with Gasteiger partial charge in [-0.15, -0.1) is 0 Å². The molecule has 0 aliphatic carbocycles. The smallest absolute Gasteiger partial charge is 0.237 e. The van der Waals surface area contributed by atoms with Crippen molar-refractivity contribution in [1.82, 2.24) is 9.21 Å². The Balaban J connectivity index is 4.68. The van der Waals surface area contributed by atoms with Crippen LogP contribution in [-0.4, -0.2) is 63.0 Å². The molecule has 0 spiro atoms. The minimum atomic E-state index is -3.40. The van der Waals surface area contributed by atoms with Gasteiger partial charge in [-0.2, -0.15) is 4.31 Å². The largest absolute Gasteiger partial charge is 0.348 e. The highest BCUT2D eigenvalue weighted by Gasteiger charge is 2.23. The lowest BCUT2D eigenvalue weighted by atomic mass is 10.4. The predicted octanol–water partition coefficient (Wildman–Crippen LogP) is -0.925. The molecule has 0 unspecified atom stereocenters. The zero-order chi connectivity index (χ0) is 12.8. The molecule has 0 bridgehead atoms. The lowest BCUT2D eigenvalue weighted by Crippen LogP contribution is -2.42. The van der Waals surface area contributed by atoms with E-state index >= 15 is 0 Å². The number of likely N-dealkylation sites (N-methyl/N-ethyl adjacent to an activating group) is 1. The molecule has 0 heterocycles. The van der Waals surface area contributed by atoms with Gasteiger partial charge >= 0.3 is 0 Å². The molecule has 96 valence electrons. The van der Waals surface area contributed by atoms with Crippen molar-refractivity contribution in [3.05, 3.63) is 0 Å². The van der Waals surface area contributed by atoms with Gasteiger partial charge < -0.3 is 10.6 Å². The Morgan fingerprint density at radius 1 is 1.31 bits per heavy atom. The molecule has 16 heavy (non-hydrogen) atoms. The monoisotopic (exact) mass is 251 g/mol. The first-order valence-electron chi connectivity index (χ1n) is 5.23. The molecule has 0 aromatic carbocycles. The molecule has 0 rings (SSSR count). The van der Waals surface area contributed by atoms with Crippen molar-refractivity contribution in [3.63, 3.8) is 0 Å². The molecule has 0 aromatic heterocycles. The van der Waals surface area contributed by atoms with Crippen LogP contribution in [0.15, 0.2) is 0 Å². The quantitative estimate of drug-likeness (QED) is 0.634. The molecule has 0 aromatic rings. The summed E-state index contributed by atoms with van der Waals surface area (Å²) in [5.41, 5.74) is 5.24. The predicted molar refractivity (Wildman–Crippen MR) is 63.4 cm³/mol. The summed E-state index contributed by atoms with van der Waals surface area (Å²) in [6.45, 7) is 2.18. The third-order valence-corrected chi connectivity index (χ3v) is 3.90. The van der Waals surface area contributed by atoms with Crippen molar-refractivity contribution in [2.45, 2.75) is 13.3 Å². The van der Waals surface area contributed by atoms with Crippen molar-refractivity contribution in [2.75, 3.05) is 39.5 Å². The number of hydrogen-bond acceptors (Lipinski definition) is 4. The first kappa shape index (κ1) is 15.3. The molecule has 2 N–H and O–H groups in total. The van der Waals surface area contributed by atoms with Crippen molar-refractivity contribution in [3.8, 4) is 0 Å². The molecule has 1 amide bonds. The van der Waals surface area contributed by atoms with Gasteiger partial charge in [0.1, 0.15) is 0 Å². The van der Waals surface area contributed by atoms with E-state index in [2.05, 4.69) is 0 Å². The highest BCUT2D eigenvalue weighted by atomic mass is 32.2. The van der Waals surface area contributed by atoms with Crippen LogP contribution in [0.5, 0.6) is 0 Å². The van der Waals surface area contributed by atoms with E-state index in [-0.39, 0.29) is 24.7 Å². The maximum atomic E-state index is 11.8. The van der Waals surface area contributed by atoms with Crippen LogP contribution < -0.4 is 5.73 Å². The highest BCUT2D eigenvalue weighted by Crippen LogP contribution is 2.03. The summed E-state index contributed by atoms with van der Waals surface area (Å²) in [5.74, 6) is -0.345. The Morgan fingerprint density at radius 2 is 1.88 bits per heavy atom. The van der Waals surface area contributed by atoms with E-state index in [0.717, 1.165) is 0 Å². The van der Waals surface area contributed by atoms with Crippen molar-refractivity contribution in [2.24, 2.45) is 5.73 Å². The summed E-state index contributed by atoms with van der Waals surface area (Å²) in [7, 11) is -0.204. The van der Waals surface area contributed by atoms with Crippen LogP contribution >= 0.6 is 0 Å². The second kappa shape index (κ2) is 6.82. The highest BCUT2D eigenvalue weighted by molar-refractivity contribution is 7.89. The second-order valence-electron chi connectivity index (χ2n) is 3.73. The number of carbonyl (C=O) groups excluding carboxylic acids is 1. The summed E-state index contributed by atoms with van der Waals surface area (Å²) in [6.07, 6.45) is 0.671. The zero-order valence-corrected chi connectivity index (χ0v) is 11.0. The van der Waals surface area contributed by atoms with E-state index in [1.54, 1.807) is 14.1 Å². The molecular formula is C9H21N3O3S. The molecule has 7 heteroatoms. The van der Waals surface area contributed by atoms with Gasteiger partial charge in [-0.05, 0) is 6.42 Å². The number of hydrogen-bond donors (Lipinski definition) is 1. The fraction of sp³-hybridized carbons (Fsp3) is 0.889. The Kier molecular flexibility index (Phi) is 6.54. The number of amides is 1. The summed E-state index contributed by atoms with van der Waals surface area (Å²) in [4.78, 5) is 12.8. The third-order valence-electron chi connectivity index (χ3n) is 2.05. The summed E-state index contributed by atoms with van der Waals surface area (Å²) >= 11 is 0. The van der Waals surface area contributed by atoms with Gasteiger partial charge in [-0.3, -0.25) is 4.79 Å². The van der Waals surface area contributed by atoms with Crippen LogP contribution in [0.2, 0.25) is 0 Å². The number of carbonyl (C=O) groups is 1. The lowest BCUT2D eigenvalue weighted by molar-refractivity contribution is -0.128. The summed E-state index contributed by atoms with van der Waals surface area (Å²) in [5, 5.41) is 0. The molecular weight excluding hydrogens is 230 g/mol. The fourth-order valence-corrected chi connectivity index (χ4v) is 2.46. The molecule has 0 radical (unpaired) electrons. The third kappa shape index (κ3) is 4.91. The molecule has 0 atom stereocenters. The van der Waals surface area contributed by atoms with Crippen LogP contribution in [-0.2, 0) is 14.8 Å². The van der Waals surface area contributed by atoms with Gasteiger partial charge in [0.25, 0.3) is 0 Å². The van der Waals surface area contributed by atoms with Gasteiger partial charge in [0.05, 0.1) is 12.3 Å². The number of nitrogens with zero attached hydrogens (tertiary/aromatic N) is 2. The standard InChI is InChI=1S/C9H21N3O3S/c1-4-6-12(8-9(13)11(2)3)16(14,15)7-5-10/h4-8,10H2,1-3H3. The van der Waals surface area contributed by atoms with E-state index in [4.69, 9.17) is 5.73 Å². The van der Waals surface area contributed by atoms with Gasteiger partial charge in [-0.25, -0.2) is 8.42 Å². The Bertz CT molecular complexity index is 314. The number of rotatable bonds is 7. The Morgan fingerprint density at radius 3 is 2.25 bits per heavy atom. The molecule has 0 aliphatic heterocycles. The first-order valence-corrected chi connectivity index (χ1v) is 6.84. The number of nitrogens with two attached hydrogens (primary N) is 1. The maximum Gasteiger partial charge on any atom is 0.237 e. The van der Waals surface area contributed by atoms with E-state index < -0.39 is 10.0 Å². The van der Waals surface area contributed by atoms with Gasteiger partial charge in [0, 0.05) is 27.2 Å². The Hall–Kier alpha value is -0.660. The van der Waals surface area contributed by atoms with E-state index in [1.165, 1.54) is 9.21 Å². The van der Waals surface area contributed by atoms with Crippen molar-refractivity contribution >= 4 is 15.9 Å². The van der Waals surface area contributed by atoms with Crippen LogP contribution in [0.3, 0.4) is 0 Å².